The van der Waals surface area contributed by atoms with Gasteiger partial charge < -0.3 is 5.32 Å². The van der Waals surface area contributed by atoms with Gasteiger partial charge in [-0.2, -0.15) is 5.10 Å². The first kappa shape index (κ1) is 16.1. The Hall–Kier alpha value is -2.43. The summed E-state index contributed by atoms with van der Waals surface area (Å²) >= 11 is 0. The quantitative estimate of drug-likeness (QED) is 0.771. The van der Waals surface area contributed by atoms with Crippen LogP contribution in [0.1, 0.15) is 44.0 Å². The van der Waals surface area contributed by atoms with Crippen LogP contribution in [0, 0.1) is 0 Å². The zero-order valence-electron chi connectivity index (χ0n) is 15.0. The number of aromatic nitrogens is 4. The lowest BCUT2D eigenvalue weighted by atomic mass is 10.1. The van der Waals surface area contributed by atoms with Crippen LogP contribution in [0.3, 0.4) is 0 Å². The largest absolute Gasteiger partial charge is 0.380 e. The molecule has 5 nitrogen and oxygen atoms in total. The molecule has 0 amide bonds. The molecule has 5 heteroatoms. The predicted molar refractivity (Wildman–Crippen MR) is 101 cm³/mol. The Morgan fingerprint density at radius 2 is 2.08 bits per heavy atom. The number of nitrogens with zero attached hydrogens (tertiary/aromatic N) is 4. The number of rotatable bonds is 5. The van der Waals surface area contributed by atoms with Crippen molar-refractivity contribution in [3.8, 4) is 0 Å². The van der Waals surface area contributed by atoms with Crippen LogP contribution in [-0.2, 0) is 25.8 Å². The van der Waals surface area contributed by atoms with Gasteiger partial charge in [-0.25, -0.2) is 9.67 Å². The minimum Gasteiger partial charge on any atom is -0.380 e. The molecule has 0 bridgehead atoms. The second kappa shape index (κ2) is 6.82. The van der Waals surface area contributed by atoms with E-state index in [-0.39, 0.29) is 0 Å². The predicted octanol–water partition coefficient (Wildman–Crippen LogP) is 3.77. The zero-order valence-corrected chi connectivity index (χ0v) is 15.0. The van der Waals surface area contributed by atoms with E-state index in [9.17, 15) is 0 Å². The average Bonchev–Trinajstić information content (AvgIpc) is 3.04. The topological polar surface area (TPSA) is 55.6 Å². The van der Waals surface area contributed by atoms with Gasteiger partial charge in [-0.3, -0.25) is 4.98 Å². The summed E-state index contributed by atoms with van der Waals surface area (Å²) in [5.74, 6) is 2.08. The standard InChI is InChI=1S/C20H25N5/c1-3-7-14-12-18(16-8-5-6-9-17(16)21-14)22-15-10-11-20-23-19(4-2)24-25(20)13-15/h5-6,8-9,12,15H,3-4,7,10-11,13H2,1-2H3,(H,21,22). The molecule has 25 heavy (non-hydrogen) atoms. The molecule has 0 spiro atoms. The van der Waals surface area contributed by atoms with Gasteiger partial charge in [-0.15, -0.1) is 0 Å². The summed E-state index contributed by atoms with van der Waals surface area (Å²) in [5, 5.41) is 9.58. The van der Waals surface area contributed by atoms with Crippen LogP contribution in [0.2, 0.25) is 0 Å². The van der Waals surface area contributed by atoms with Crippen LogP contribution in [0.5, 0.6) is 0 Å². The lowest BCUT2D eigenvalue weighted by molar-refractivity contribution is 0.440. The Kier molecular flexibility index (Phi) is 4.38. The first-order valence-electron chi connectivity index (χ1n) is 9.34. The van der Waals surface area contributed by atoms with E-state index >= 15 is 0 Å². The van der Waals surface area contributed by atoms with E-state index in [1.807, 2.05) is 0 Å². The molecule has 0 radical (unpaired) electrons. The summed E-state index contributed by atoms with van der Waals surface area (Å²) in [5.41, 5.74) is 3.43. The van der Waals surface area contributed by atoms with Crippen LogP contribution >= 0.6 is 0 Å². The van der Waals surface area contributed by atoms with E-state index in [4.69, 9.17) is 4.98 Å². The normalized spacial score (nSPS) is 16.8. The van der Waals surface area contributed by atoms with E-state index in [1.165, 1.54) is 11.1 Å². The number of hydrogen-bond acceptors (Lipinski definition) is 4. The number of benzene rings is 1. The van der Waals surface area contributed by atoms with Crippen molar-refractivity contribution in [1.82, 2.24) is 19.7 Å². The molecule has 4 rings (SSSR count). The molecule has 0 aliphatic carbocycles. The summed E-state index contributed by atoms with van der Waals surface area (Å²) in [7, 11) is 0. The average molecular weight is 335 g/mol. The maximum Gasteiger partial charge on any atom is 0.150 e. The smallest absolute Gasteiger partial charge is 0.150 e. The number of fused-ring (bicyclic) bond motifs is 2. The summed E-state index contributed by atoms with van der Waals surface area (Å²) < 4.78 is 2.08. The van der Waals surface area contributed by atoms with Crippen molar-refractivity contribution in [3.05, 3.63) is 47.7 Å². The number of para-hydroxylation sites is 1. The van der Waals surface area contributed by atoms with E-state index in [0.717, 1.165) is 61.5 Å². The van der Waals surface area contributed by atoms with Gasteiger partial charge in [0.15, 0.2) is 5.82 Å². The van der Waals surface area contributed by atoms with Crippen LogP contribution < -0.4 is 5.32 Å². The number of anilines is 1. The molecule has 1 aromatic carbocycles. The van der Waals surface area contributed by atoms with Crippen molar-refractivity contribution in [2.75, 3.05) is 5.32 Å². The second-order valence-corrected chi connectivity index (χ2v) is 6.79. The lowest BCUT2D eigenvalue weighted by Crippen LogP contribution is -2.32. The molecule has 1 aliphatic heterocycles. The third-order valence-corrected chi connectivity index (χ3v) is 4.85. The van der Waals surface area contributed by atoms with E-state index < -0.39 is 0 Å². The highest BCUT2D eigenvalue weighted by Gasteiger charge is 2.22. The highest BCUT2D eigenvalue weighted by atomic mass is 15.4. The molecule has 130 valence electrons. The second-order valence-electron chi connectivity index (χ2n) is 6.79. The molecule has 0 fully saturated rings. The first-order valence-corrected chi connectivity index (χ1v) is 9.34. The SMILES string of the molecule is CCCc1cc(NC2CCc3nc(CC)nn3C2)c2ccccc2n1. The van der Waals surface area contributed by atoms with Gasteiger partial charge in [-0.05, 0) is 25.0 Å². The van der Waals surface area contributed by atoms with Gasteiger partial charge in [-0.1, -0.05) is 38.5 Å². The van der Waals surface area contributed by atoms with Crippen LogP contribution in [0.15, 0.2) is 30.3 Å². The zero-order chi connectivity index (χ0) is 17.2. The van der Waals surface area contributed by atoms with Gasteiger partial charge in [0, 0.05) is 35.7 Å². The summed E-state index contributed by atoms with van der Waals surface area (Å²) in [4.78, 5) is 9.41. The Balaban J connectivity index is 1.62. The van der Waals surface area contributed by atoms with Crippen LogP contribution in [0.4, 0.5) is 5.69 Å². The van der Waals surface area contributed by atoms with Crippen LogP contribution in [0.25, 0.3) is 10.9 Å². The minimum atomic E-state index is 0.374. The monoisotopic (exact) mass is 335 g/mol. The van der Waals surface area contributed by atoms with Crippen molar-refractivity contribution < 1.29 is 0 Å². The van der Waals surface area contributed by atoms with Gasteiger partial charge in [0.1, 0.15) is 5.82 Å². The highest BCUT2D eigenvalue weighted by Crippen LogP contribution is 2.26. The highest BCUT2D eigenvalue weighted by molar-refractivity contribution is 5.91. The van der Waals surface area contributed by atoms with E-state index in [1.54, 1.807) is 0 Å². The van der Waals surface area contributed by atoms with Gasteiger partial charge in [0.25, 0.3) is 0 Å². The fraction of sp³-hybridized carbons (Fsp3) is 0.450. The lowest BCUT2D eigenvalue weighted by Gasteiger charge is -2.25. The van der Waals surface area contributed by atoms with E-state index in [0.29, 0.717) is 6.04 Å². The fourth-order valence-electron chi connectivity index (χ4n) is 3.58. The van der Waals surface area contributed by atoms with Gasteiger partial charge in [0.05, 0.1) is 12.1 Å². The van der Waals surface area contributed by atoms with Crippen LogP contribution in [-0.4, -0.2) is 25.8 Å². The van der Waals surface area contributed by atoms with Crippen molar-refractivity contribution in [2.24, 2.45) is 0 Å². The molecule has 1 atom stereocenters. The number of pyridine rings is 1. The van der Waals surface area contributed by atoms with Crippen molar-refractivity contribution in [1.29, 1.82) is 0 Å². The molecule has 3 aromatic rings. The molecular formula is C20H25N5. The molecule has 3 heterocycles. The fourth-order valence-corrected chi connectivity index (χ4v) is 3.58. The number of aryl methyl sites for hydroxylation is 3. The molecule has 1 N–H and O–H groups in total. The molecule has 0 saturated carbocycles. The van der Waals surface area contributed by atoms with E-state index in [2.05, 4.69) is 64.3 Å². The summed E-state index contributed by atoms with van der Waals surface area (Å²) in [6, 6.07) is 11.0. The third-order valence-electron chi connectivity index (χ3n) is 4.85. The Labute approximate surface area is 148 Å². The third kappa shape index (κ3) is 3.23. The van der Waals surface area contributed by atoms with Crippen molar-refractivity contribution >= 4 is 16.6 Å². The molecule has 1 aliphatic rings. The Morgan fingerprint density at radius 3 is 2.92 bits per heavy atom. The molecular weight excluding hydrogens is 310 g/mol. The Morgan fingerprint density at radius 1 is 1.20 bits per heavy atom. The van der Waals surface area contributed by atoms with Gasteiger partial charge >= 0.3 is 0 Å². The van der Waals surface area contributed by atoms with Gasteiger partial charge in [0.2, 0.25) is 0 Å². The first-order chi connectivity index (χ1) is 12.3. The molecule has 2 aromatic heterocycles. The Bertz CT molecular complexity index is 883. The maximum atomic E-state index is 4.80. The maximum absolute atomic E-state index is 4.80. The molecule has 0 saturated heterocycles. The molecule has 1 unspecified atom stereocenters. The van der Waals surface area contributed by atoms with Crippen molar-refractivity contribution in [3.63, 3.8) is 0 Å². The van der Waals surface area contributed by atoms with Crippen molar-refractivity contribution in [2.45, 2.75) is 58.5 Å². The summed E-state index contributed by atoms with van der Waals surface area (Å²) in [6.07, 6.45) is 5.08. The number of nitrogens with one attached hydrogen (secondary N) is 1. The minimum absolute atomic E-state index is 0.374. The summed E-state index contributed by atoms with van der Waals surface area (Å²) in [6.45, 7) is 5.18. The number of hydrogen-bond donors (Lipinski definition) is 1.